The van der Waals surface area contributed by atoms with Crippen LogP contribution in [-0.2, 0) is 4.79 Å². The van der Waals surface area contributed by atoms with Crippen LogP contribution < -0.4 is 10.1 Å². The number of carbonyl (C=O) groups is 1. The summed E-state index contributed by atoms with van der Waals surface area (Å²) in [4.78, 5) is 21.3. The average molecular weight is 266 g/mol. The first-order chi connectivity index (χ1) is 9.04. The van der Waals surface area contributed by atoms with Crippen molar-refractivity contribution in [2.45, 2.75) is 33.1 Å². The zero-order valence-electron chi connectivity index (χ0n) is 11.1. The van der Waals surface area contributed by atoms with E-state index < -0.39 is 4.92 Å². The van der Waals surface area contributed by atoms with Crippen molar-refractivity contribution in [1.29, 1.82) is 0 Å². The van der Waals surface area contributed by atoms with Crippen LogP contribution in [0.1, 0.15) is 33.1 Å². The SMILES string of the molecule is CCCCCOc1ccc([N+](=O)[O-])cc1NC(C)=O. The van der Waals surface area contributed by atoms with E-state index >= 15 is 0 Å². The van der Waals surface area contributed by atoms with Crippen molar-refractivity contribution < 1.29 is 14.5 Å². The highest BCUT2D eigenvalue weighted by Gasteiger charge is 2.12. The third kappa shape index (κ3) is 4.95. The molecule has 19 heavy (non-hydrogen) atoms. The molecule has 0 aliphatic rings. The summed E-state index contributed by atoms with van der Waals surface area (Å²) in [6.07, 6.45) is 3.05. The number of carbonyl (C=O) groups excluding carboxylic acids is 1. The van der Waals surface area contributed by atoms with Crippen LogP contribution in [0, 0.1) is 10.1 Å². The van der Waals surface area contributed by atoms with Gasteiger partial charge in [-0.25, -0.2) is 0 Å². The quantitative estimate of drug-likeness (QED) is 0.467. The average Bonchev–Trinajstić information content (AvgIpc) is 2.35. The fraction of sp³-hybridized carbons (Fsp3) is 0.462. The summed E-state index contributed by atoms with van der Waals surface area (Å²) in [6.45, 7) is 3.96. The van der Waals surface area contributed by atoms with E-state index in [1.165, 1.54) is 25.1 Å². The van der Waals surface area contributed by atoms with Crippen LogP contribution in [-0.4, -0.2) is 17.4 Å². The maximum absolute atomic E-state index is 11.1. The van der Waals surface area contributed by atoms with Crippen molar-refractivity contribution in [3.63, 3.8) is 0 Å². The fourth-order valence-corrected chi connectivity index (χ4v) is 1.58. The van der Waals surface area contributed by atoms with Crippen molar-refractivity contribution >= 4 is 17.3 Å². The van der Waals surface area contributed by atoms with Gasteiger partial charge in [0.2, 0.25) is 5.91 Å². The molecule has 104 valence electrons. The Labute approximate surface area is 111 Å². The summed E-state index contributed by atoms with van der Waals surface area (Å²) in [7, 11) is 0. The van der Waals surface area contributed by atoms with E-state index in [1.54, 1.807) is 0 Å². The van der Waals surface area contributed by atoms with Crippen LogP contribution in [0.15, 0.2) is 18.2 Å². The predicted octanol–water partition coefficient (Wildman–Crippen LogP) is 3.12. The molecule has 6 heteroatoms. The first-order valence-electron chi connectivity index (χ1n) is 6.23. The summed E-state index contributed by atoms with van der Waals surface area (Å²) in [5, 5.41) is 13.2. The Hall–Kier alpha value is -2.11. The molecule has 1 rings (SSSR count). The number of nitrogens with one attached hydrogen (secondary N) is 1. The summed E-state index contributed by atoms with van der Waals surface area (Å²) in [6, 6.07) is 4.17. The van der Waals surface area contributed by atoms with Gasteiger partial charge in [0.1, 0.15) is 5.75 Å². The van der Waals surface area contributed by atoms with Crippen LogP contribution in [0.2, 0.25) is 0 Å². The molecule has 1 aromatic carbocycles. The molecule has 1 N–H and O–H groups in total. The Morgan fingerprint density at radius 3 is 2.74 bits per heavy atom. The second kappa shape index (κ2) is 7.35. The number of hydrogen-bond donors (Lipinski definition) is 1. The van der Waals surface area contributed by atoms with Crippen molar-refractivity contribution in [3.8, 4) is 5.75 Å². The zero-order chi connectivity index (χ0) is 14.3. The topological polar surface area (TPSA) is 81.5 Å². The number of amides is 1. The van der Waals surface area contributed by atoms with Crippen LogP contribution in [0.5, 0.6) is 5.75 Å². The number of rotatable bonds is 7. The minimum atomic E-state index is -0.508. The molecule has 1 aromatic rings. The molecule has 0 heterocycles. The van der Waals surface area contributed by atoms with Crippen LogP contribution in [0.3, 0.4) is 0 Å². The van der Waals surface area contributed by atoms with E-state index in [9.17, 15) is 14.9 Å². The monoisotopic (exact) mass is 266 g/mol. The molecule has 0 aliphatic heterocycles. The maximum Gasteiger partial charge on any atom is 0.271 e. The van der Waals surface area contributed by atoms with Crippen molar-refractivity contribution in [2.24, 2.45) is 0 Å². The van der Waals surface area contributed by atoms with Crippen molar-refractivity contribution in [1.82, 2.24) is 0 Å². The standard InChI is InChI=1S/C13H18N2O4/c1-3-4-5-8-19-13-7-6-11(15(17)18)9-12(13)14-10(2)16/h6-7,9H,3-5,8H2,1-2H3,(H,14,16). The number of hydrogen-bond acceptors (Lipinski definition) is 4. The molecule has 0 aromatic heterocycles. The highest BCUT2D eigenvalue weighted by Crippen LogP contribution is 2.29. The van der Waals surface area contributed by atoms with Gasteiger partial charge in [0.05, 0.1) is 17.2 Å². The highest BCUT2D eigenvalue weighted by atomic mass is 16.6. The molecule has 6 nitrogen and oxygen atoms in total. The first-order valence-corrected chi connectivity index (χ1v) is 6.23. The van der Waals surface area contributed by atoms with Gasteiger partial charge in [-0.15, -0.1) is 0 Å². The summed E-state index contributed by atoms with van der Waals surface area (Å²) in [5.41, 5.74) is 0.253. The van der Waals surface area contributed by atoms with Gasteiger partial charge in [0, 0.05) is 19.1 Å². The predicted molar refractivity (Wildman–Crippen MR) is 72.4 cm³/mol. The van der Waals surface area contributed by atoms with Gasteiger partial charge in [0.25, 0.3) is 5.69 Å². The van der Waals surface area contributed by atoms with E-state index in [2.05, 4.69) is 12.2 Å². The van der Waals surface area contributed by atoms with Gasteiger partial charge in [0.15, 0.2) is 0 Å². The number of anilines is 1. The lowest BCUT2D eigenvalue weighted by Gasteiger charge is -2.11. The molecule has 0 saturated heterocycles. The summed E-state index contributed by atoms with van der Waals surface area (Å²) < 4.78 is 5.54. The molecule has 0 bridgehead atoms. The molecular formula is C13H18N2O4. The van der Waals surface area contributed by atoms with Gasteiger partial charge in [-0.2, -0.15) is 0 Å². The number of non-ortho nitro benzene ring substituents is 1. The van der Waals surface area contributed by atoms with Gasteiger partial charge in [-0.05, 0) is 12.5 Å². The van der Waals surface area contributed by atoms with E-state index in [4.69, 9.17) is 4.74 Å². The molecule has 0 aliphatic carbocycles. The third-order valence-electron chi connectivity index (χ3n) is 2.49. The van der Waals surface area contributed by atoms with Crippen molar-refractivity contribution in [2.75, 3.05) is 11.9 Å². The first kappa shape index (κ1) is 14.9. The van der Waals surface area contributed by atoms with Gasteiger partial charge >= 0.3 is 0 Å². The number of nitro groups is 1. The lowest BCUT2D eigenvalue weighted by molar-refractivity contribution is -0.384. The summed E-state index contributed by atoms with van der Waals surface area (Å²) in [5.74, 6) is 0.163. The lowest BCUT2D eigenvalue weighted by atomic mass is 10.2. The van der Waals surface area contributed by atoms with E-state index in [0.29, 0.717) is 18.0 Å². The second-order valence-electron chi connectivity index (χ2n) is 4.17. The Bertz CT molecular complexity index is 460. The van der Waals surface area contributed by atoms with E-state index in [0.717, 1.165) is 19.3 Å². The van der Waals surface area contributed by atoms with Gasteiger partial charge in [-0.1, -0.05) is 19.8 Å². The second-order valence-corrected chi connectivity index (χ2v) is 4.17. The number of nitro benzene ring substituents is 1. The Morgan fingerprint density at radius 2 is 2.16 bits per heavy atom. The molecule has 1 amide bonds. The summed E-state index contributed by atoms with van der Waals surface area (Å²) >= 11 is 0. The van der Waals surface area contributed by atoms with E-state index in [1.807, 2.05) is 0 Å². The van der Waals surface area contributed by atoms with Crippen LogP contribution in [0.4, 0.5) is 11.4 Å². The largest absolute Gasteiger partial charge is 0.491 e. The fourth-order valence-electron chi connectivity index (χ4n) is 1.58. The highest BCUT2D eigenvalue weighted by molar-refractivity contribution is 5.90. The normalized spacial score (nSPS) is 10.0. The number of benzene rings is 1. The van der Waals surface area contributed by atoms with Crippen LogP contribution in [0.25, 0.3) is 0 Å². The Kier molecular flexibility index (Phi) is 5.78. The number of unbranched alkanes of at least 4 members (excludes halogenated alkanes) is 2. The number of ether oxygens (including phenoxy) is 1. The zero-order valence-corrected chi connectivity index (χ0v) is 11.1. The van der Waals surface area contributed by atoms with E-state index in [-0.39, 0.29) is 11.6 Å². The Balaban J connectivity index is 2.82. The van der Waals surface area contributed by atoms with Crippen molar-refractivity contribution in [3.05, 3.63) is 28.3 Å². The van der Waals surface area contributed by atoms with Gasteiger partial charge in [-0.3, -0.25) is 14.9 Å². The minimum absolute atomic E-state index is 0.0790. The lowest BCUT2D eigenvalue weighted by Crippen LogP contribution is -2.09. The molecule has 0 unspecified atom stereocenters. The maximum atomic E-state index is 11.1. The smallest absolute Gasteiger partial charge is 0.271 e. The van der Waals surface area contributed by atoms with Gasteiger partial charge < -0.3 is 10.1 Å². The number of nitrogens with zero attached hydrogens (tertiary/aromatic N) is 1. The molecule has 0 saturated carbocycles. The molecule has 0 atom stereocenters. The minimum Gasteiger partial charge on any atom is -0.491 e. The molecule has 0 radical (unpaired) electrons. The third-order valence-corrected chi connectivity index (χ3v) is 2.49. The molecular weight excluding hydrogens is 248 g/mol. The Morgan fingerprint density at radius 1 is 1.42 bits per heavy atom. The molecule has 0 fully saturated rings. The molecule has 0 spiro atoms. The van der Waals surface area contributed by atoms with Crippen LogP contribution >= 0.6 is 0 Å².